The average Bonchev–Trinajstić information content (AvgIpc) is 3.16. The third-order valence-corrected chi connectivity index (χ3v) is 10.3. The van der Waals surface area contributed by atoms with E-state index in [1.807, 2.05) is 26.1 Å². The van der Waals surface area contributed by atoms with Crippen molar-refractivity contribution >= 4 is 8.32 Å². The largest absolute Gasteiger partial charge is 3.00 e. The molecular weight excluding hydrogens is 414 g/mol. The Bertz CT molecular complexity index is 569. The van der Waals surface area contributed by atoms with E-state index < -0.39 is 8.32 Å². The fraction of sp³-hybridized carbons (Fsp3) is 0.560. The summed E-state index contributed by atoms with van der Waals surface area (Å²) < 4.78 is 6.05. The molecule has 0 aliphatic heterocycles. The van der Waals surface area contributed by atoms with Crippen LogP contribution in [0.5, 0.6) is 0 Å². The maximum absolute atomic E-state index is 6.05. The molecule has 0 saturated heterocycles. The van der Waals surface area contributed by atoms with Gasteiger partial charge in [0.05, 0.1) is 6.61 Å². The minimum atomic E-state index is -1.58. The Hall–Kier alpha value is -0.674. The van der Waals surface area contributed by atoms with Gasteiger partial charge < -0.3 is 24.3 Å². The second-order valence-electron chi connectivity index (χ2n) is 8.37. The summed E-state index contributed by atoms with van der Waals surface area (Å²) in [6, 6.07) is 4.07. The molecule has 1 aromatic carbocycles. The first-order chi connectivity index (χ1) is 11.9. The van der Waals surface area contributed by atoms with Gasteiger partial charge in [-0.2, -0.15) is 27.8 Å². The number of rotatable bonds is 3. The molecule has 1 heterocycles. The van der Waals surface area contributed by atoms with Crippen LogP contribution in [0.3, 0.4) is 0 Å². The van der Waals surface area contributed by atoms with E-state index >= 15 is 0 Å². The topological polar surface area (TPSA) is 25.0 Å². The average molecular weight is 463 g/mol. The molecule has 0 unspecified atom stereocenters. The van der Waals surface area contributed by atoms with E-state index in [2.05, 4.69) is 79.5 Å². The molecule has 171 valence electrons. The second kappa shape index (κ2) is 15.2. The van der Waals surface area contributed by atoms with Crippen LogP contribution in [0.15, 0.2) is 18.3 Å². The Labute approximate surface area is 195 Å². The summed E-state index contributed by atoms with van der Waals surface area (Å²) in [6.45, 7) is 27.0. The summed E-state index contributed by atoms with van der Waals surface area (Å²) in [6.07, 6.45) is 1.93. The quantitative estimate of drug-likeness (QED) is 0.359. The monoisotopic (exact) mass is 462 g/mol. The maximum Gasteiger partial charge on any atom is 3.00 e. The van der Waals surface area contributed by atoms with Crippen LogP contribution in [0.1, 0.15) is 68.1 Å². The summed E-state index contributed by atoms with van der Waals surface area (Å²) in [7, 11) is -1.58. The van der Waals surface area contributed by atoms with Gasteiger partial charge in [-0.3, -0.25) is 0 Å². The van der Waals surface area contributed by atoms with Crippen LogP contribution < -0.4 is 0 Å². The summed E-state index contributed by atoms with van der Waals surface area (Å²) in [5, 5.41) is 0.291. The number of nitrogens with one attached hydrogen (secondary N) is 1. The van der Waals surface area contributed by atoms with Gasteiger partial charge in [0.1, 0.15) is 0 Å². The molecular formula is C25H48FeNOSi. The Morgan fingerprint density at radius 2 is 1.38 bits per heavy atom. The van der Waals surface area contributed by atoms with Crippen LogP contribution in [0.4, 0.5) is 0 Å². The van der Waals surface area contributed by atoms with Gasteiger partial charge in [-0.25, -0.2) is 0 Å². The van der Waals surface area contributed by atoms with Crippen molar-refractivity contribution in [3.8, 4) is 0 Å². The van der Waals surface area contributed by atoms with Gasteiger partial charge in [-0.05, 0) is 30.3 Å². The Morgan fingerprint density at radius 3 is 1.62 bits per heavy atom. The van der Waals surface area contributed by atoms with Crippen LogP contribution in [-0.2, 0) is 28.1 Å². The van der Waals surface area contributed by atoms with Crippen molar-refractivity contribution in [3.05, 3.63) is 66.7 Å². The van der Waals surface area contributed by atoms with Crippen molar-refractivity contribution in [2.24, 2.45) is 0 Å². The molecule has 4 heteroatoms. The van der Waals surface area contributed by atoms with Gasteiger partial charge in [0.15, 0.2) is 8.32 Å². The van der Waals surface area contributed by atoms with Crippen LogP contribution in [-0.4, -0.2) is 13.3 Å². The number of aromatic amines is 1. The van der Waals surface area contributed by atoms with Gasteiger partial charge in [0, 0.05) is 11.9 Å². The summed E-state index contributed by atoms with van der Waals surface area (Å²) in [4.78, 5) is 3.16. The van der Waals surface area contributed by atoms with Crippen LogP contribution in [0.2, 0.25) is 18.1 Å². The maximum atomic E-state index is 6.05. The van der Waals surface area contributed by atoms with Gasteiger partial charge in [-0.15, -0.1) is 0 Å². The smallest absolute Gasteiger partial charge is 0.411 e. The van der Waals surface area contributed by atoms with E-state index in [0.29, 0.717) is 11.6 Å². The van der Waals surface area contributed by atoms with Gasteiger partial charge in [-0.1, -0.05) is 69.2 Å². The standard InChI is InChI=1S/C11H21NOSi.C10H15.C2H6.2CH3.Fe/c1-11(2,3)14(4,5)13-9-10-7-6-8-12-10;1-6-7(2)9(4)10(5)8(6)3;1-2;;;/h6-8,12H,9H2,1-5H3;1-5H3;1-2H3;2*1H3;/q;-1;;2*-1;+3. The Morgan fingerprint density at radius 1 is 0.966 bits per heavy atom. The van der Waals surface area contributed by atoms with Crippen LogP contribution in [0, 0.1) is 49.5 Å². The zero-order valence-electron chi connectivity index (χ0n) is 21.7. The molecule has 0 fully saturated rings. The molecule has 0 spiro atoms. The fourth-order valence-corrected chi connectivity index (χ4v) is 3.29. The second-order valence-corrected chi connectivity index (χ2v) is 13.2. The molecule has 2 aromatic rings. The van der Waals surface area contributed by atoms with Crippen molar-refractivity contribution in [1.29, 1.82) is 0 Å². The number of aromatic nitrogens is 1. The zero-order chi connectivity index (χ0) is 20.7. The van der Waals surface area contributed by atoms with E-state index in [4.69, 9.17) is 4.43 Å². The normalized spacial score (nSPS) is 10.2. The van der Waals surface area contributed by atoms with Crippen LogP contribution in [0.25, 0.3) is 0 Å². The first-order valence-electron chi connectivity index (χ1n) is 9.84. The first kappa shape index (κ1) is 35.7. The van der Waals surface area contributed by atoms with Crippen LogP contribution >= 0.6 is 0 Å². The fourth-order valence-electron chi connectivity index (χ4n) is 2.34. The number of hydrogen-bond donors (Lipinski definition) is 1. The van der Waals surface area contributed by atoms with Gasteiger partial charge in [0.2, 0.25) is 0 Å². The minimum Gasteiger partial charge on any atom is -0.411 e. The SMILES string of the molecule is CC.CC(C)(C)[Si](C)(C)OCc1ccc[nH]1.Cc1c(C)c(C)[c-](C)c1C.[CH3-].[CH3-].[Fe+3]. The molecule has 0 aliphatic rings. The molecule has 1 aromatic heterocycles. The predicted octanol–water partition coefficient (Wildman–Crippen LogP) is 8.41. The molecule has 0 saturated carbocycles. The van der Waals surface area contributed by atoms with Gasteiger partial charge >= 0.3 is 17.1 Å². The molecule has 1 radical (unpaired) electrons. The Balaban J connectivity index is -0.000000187. The van der Waals surface area contributed by atoms with Crippen molar-refractivity contribution < 1.29 is 21.5 Å². The third-order valence-electron chi connectivity index (χ3n) is 5.87. The molecule has 1 N–H and O–H groups in total. The van der Waals surface area contributed by atoms with Crippen molar-refractivity contribution in [1.82, 2.24) is 4.98 Å². The third kappa shape index (κ3) is 10.3. The molecule has 29 heavy (non-hydrogen) atoms. The molecule has 2 rings (SSSR count). The van der Waals surface area contributed by atoms with Crippen molar-refractivity contribution in [3.63, 3.8) is 0 Å². The van der Waals surface area contributed by atoms with E-state index in [1.165, 1.54) is 27.8 Å². The predicted molar refractivity (Wildman–Crippen MR) is 133 cm³/mol. The van der Waals surface area contributed by atoms with Gasteiger partial charge in [0.25, 0.3) is 0 Å². The molecule has 0 atom stereocenters. The summed E-state index contributed by atoms with van der Waals surface area (Å²) in [5.41, 5.74) is 8.50. The van der Waals surface area contributed by atoms with E-state index in [0.717, 1.165) is 5.69 Å². The van der Waals surface area contributed by atoms with Crippen molar-refractivity contribution in [2.45, 2.75) is 94.0 Å². The molecule has 0 amide bonds. The van der Waals surface area contributed by atoms with Crippen molar-refractivity contribution in [2.75, 3.05) is 0 Å². The molecule has 0 aliphatic carbocycles. The molecule has 2 nitrogen and oxygen atoms in total. The summed E-state index contributed by atoms with van der Waals surface area (Å²) in [5.74, 6) is 0. The Kier molecular flexibility index (Phi) is 18.7. The minimum absolute atomic E-state index is 0. The molecule has 0 bridgehead atoms. The number of hydrogen-bond acceptors (Lipinski definition) is 1. The van der Waals surface area contributed by atoms with E-state index in [1.54, 1.807) is 0 Å². The zero-order valence-corrected chi connectivity index (χ0v) is 23.8. The van der Waals surface area contributed by atoms with E-state index in [9.17, 15) is 0 Å². The summed E-state index contributed by atoms with van der Waals surface area (Å²) >= 11 is 0. The first-order valence-corrected chi connectivity index (χ1v) is 12.7. The van der Waals surface area contributed by atoms with E-state index in [-0.39, 0.29) is 31.9 Å². The number of H-pyrrole nitrogens is 1.